The van der Waals surface area contributed by atoms with Crippen molar-refractivity contribution in [3.05, 3.63) is 48.8 Å². The van der Waals surface area contributed by atoms with Crippen LogP contribution >= 0.6 is 0 Å². The summed E-state index contributed by atoms with van der Waals surface area (Å²) in [5.41, 5.74) is 1.93. The van der Waals surface area contributed by atoms with Gasteiger partial charge in [-0.2, -0.15) is 0 Å². The van der Waals surface area contributed by atoms with Crippen molar-refractivity contribution in [1.29, 1.82) is 0 Å². The van der Waals surface area contributed by atoms with E-state index in [9.17, 15) is 0 Å². The minimum absolute atomic E-state index is 0.740. The molecule has 6 heteroatoms. The molecule has 0 saturated heterocycles. The number of hydrogen-bond acceptors (Lipinski definition) is 5. The van der Waals surface area contributed by atoms with Crippen LogP contribution in [0.15, 0.2) is 43.2 Å². The van der Waals surface area contributed by atoms with E-state index in [0.717, 1.165) is 24.4 Å². The third kappa shape index (κ3) is 2.13. The fourth-order valence-corrected chi connectivity index (χ4v) is 1.75. The molecule has 0 bridgehead atoms. The minimum atomic E-state index is 0.740. The normalized spacial score (nSPS) is 10.7. The van der Waals surface area contributed by atoms with Gasteiger partial charge >= 0.3 is 0 Å². The van der Waals surface area contributed by atoms with Gasteiger partial charge in [0.15, 0.2) is 5.82 Å². The molecular weight excluding hydrogens is 228 g/mol. The van der Waals surface area contributed by atoms with E-state index < -0.39 is 0 Å². The van der Waals surface area contributed by atoms with Crippen molar-refractivity contribution in [2.75, 3.05) is 11.9 Å². The summed E-state index contributed by atoms with van der Waals surface area (Å²) >= 11 is 0. The van der Waals surface area contributed by atoms with Crippen LogP contribution in [0, 0.1) is 0 Å². The molecule has 18 heavy (non-hydrogen) atoms. The molecule has 0 aliphatic rings. The molecule has 0 spiro atoms. The number of nitrogens with zero attached hydrogens (tertiary/aromatic N) is 5. The molecule has 3 rings (SSSR count). The number of aromatic nitrogens is 5. The number of hydrogen-bond donors (Lipinski definition) is 1. The third-order valence-electron chi connectivity index (χ3n) is 2.64. The number of rotatable bonds is 4. The lowest BCUT2D eigenvalue weighted by molar-refractivity contribution is 0.987. The zero-order chi connectivity index (χ0) is 12.2. The van der Waals surface area contributed by atoms with Gasteiger partial charge in [0.1, 0.15) is 6.33 Å². The fraction of sp³-hybridized carbons (Fsp3) is 0.167. The third-order valence-corrected chi connectivity index (χ3v) is 2.64. The number of pyridine rings is 1. The molecule has 0 unspecified atom stereocenters. The zero-order valence-electron chi connectivity index (χ0n) is 9.69. The first-order chi connectivity index (χ1) is 8.93. The van der Waals surface area contributed by atoms with Crippen LogP contribution in [0.5, 0.6) is 0 Å². The highest BCUT2D eigenvalue weighted by atomic mass is 15.2. The largest absolute Gasteiger partial charge is 0.367 e. The summed E-state index contributed by atoms with van der Waals surface area (Å²) < 4.78 is 1.83. The number of anilines is 1. The zero-order valence-corrected chi connectivity index (χ0v) is 9.69. The fourth-order valence-electron chi connectivity index (χ4n) is 1.75. The van der Waals surface area contributed by atoms with E-state index in [2.05, 4.69) is 31.5 Å². The Bertz CT molecular complexity index is 633. The standard InChI is InChI=1S/C12H12N6/c1-2-10(8-13-4-1)3-5-14-11-12-17-16-9-18(12)7-6-15-11/h1-2,4,6-9H,3,5H2,(H,14,15). The quantitative estimate of drug-likeness (QED) is 0.741. The Morgan fingerprint density at radius 3 is 3.17 bits per heavy atom. The summed E-state index contributed by atoms with van der Waals surface area (Å²) in [6, 6.07) is 3.99. The molecule has 3 aromatic heterocycles. The van der Waals surface area contributed by atoms with Crippen LogP contribution in [0.2, 0.25) is 0 Å². The molecule has 0 radical (unpaired) electrons. The Hall–Kier alpha value is -2.50. The Kier molecular flexibility index (Phi) is 2.83. The van der Waals surface area contributed by atoms with Crippen LogP contribution in [-0.2, 0) is 6.42 Å². The van der Waals surface area contributed by atoms with Crippen molar-refractivity contribution in [3.8, 4) is 0 Å². The summed E-state index contributed by atoms with van der Waals surface area (Å²) in [5, 5.41) is 11.1. The maximum atomic E-state index is 4.26. The van der Waals surface area contributed by atoms with Crippen LogP contribution in [0.3, 0.4) is 0 Å². The van der Waals surface area contributed by atoms with Crippen LogP contribution in [-0.4, -0.2) is 31.1 Å². The molecule has 3 heterocycles. The van der Waals surface area contributed by atoms with Gasteiger partial charge in [-0.3, -0.25) is 9.38 Å². The van der Waals surface area contributed by atoms with E-state index in [1.54, 1.807) is 18.7 Å². The first-order valence-corrected chi connectivity index (χ1v) is 5.70. The summed E-state index contributed by atoms with van der Waals surface area (Å²) in [6.07, 6.45) is 9.74. The van der Waals surface area contributed by atoms with Crippen molar-refractivity contribution in [3.63, 3.8) is 0 Å². The summed E-state index contributed by atoms with van der Waals surface area (Å²) in [4.78, 5) is 8.34. The lowest BCUT2D eigenvalue weighted by Gasteiger charge is -2.05. The van der Waals surface area contributed by atoms with Gasteiger partial charge in [0.25, 0.3) is 0 Å². The summed E-state index contributed by atoms with van der Waals surface area (Å²) in [5.74, 6) is 0.749. The highest BCUT2D eigenvalue weighted by molar-refractivity contribution is 5.61. The second-order valence-corrected chi connectivity index (χ2v) is 3.88. The van der Waals surface area contributed by atoms with Gasteiger partial charge < -0.3 is 5.32 Å². The smallest absolute Gasteiger partial charge is 0.203 e. The Morgan fingerprint density at radius 2 is 2.28 bits per heavy atom. The van der Waals surface area contributed by atoms with Gasteiger partial charge in [-0.05, 0) is 18.1 Å². The topological polar surface area (TPSA) is 68.0 Å². The SMILES string of the molecule is c1cncc(CCNc2nccn3cnnc23)c1. The van der Waals surface area contributed by atoms with Gasteiger partial charge in [0.05, 0.1) is 0 Å². The maximum Gasteiger partial charge on any atom is 0.203 e. The van der Waals surface area contributed by atoms with E-state index >= 15 is 0 Å². The Labute approximate surface area is 104 Å². The molecular formula is C12H12N6. The average Bonchev–Trinajstić information content (AvgIpc) is 2.89. The van der Waals surface area contributed by atoms with E-state index in [1.165, 1.54) is 5.56 Å². The van der Waals surface area contributed by atoms with Gasteiger partial charge in [0.2, 0.25) is 5.65 Å². The van der Waals surface area contributed by atoms with Crippen molar-refractivity contribution in [2.24, 2.45) is 0 Å². The monoisotopic (exact) mass is 240 g/mol. The predicted molar refractivity (Wildman–Crippen MR) is 67.2 cm³/mol. The van der Waals surface area contributed by atoms with Gasteiger partial charge in [-0.25, -0.2) is 4.98 Å². The van der Waals surface area contributed by atoms with Gasteiger partial charge in [0, 0.05) is 31.3 Å². The Balaban J connectivity index is 1.68. The van der Waals surface area contributed by atoms with Crippen molar-refractivity contribution in [2.45, 2.75) is 6.42 Å². The first kappa shape index (κ1) is 10.6. The average molecular weight is 240 g/mol. The molecule has 0 amide bonds. The maximum absolute atomic E-state index is 4.26. The lowest BCUT2D eigenvalue weighted by atomic mass is 10.2. The second kappa shape index (κ2) is 4.79. The van der Waals surface area contributed by atoms with Gasteiger partial charge in [-0.15, -0.1) is 10.2 Å². The number of nitrogens with one attached hydrogen (secondary N) is 1. The molecule has 0 aromatic carbocycles. The number of fused-ring (bicyclic) bond motifs is 1. The highest BCUT2D eigenvalue weighted by Gasteiger charge is 2.03. The second-order valence-electron chi connectivity index (χ2n) is 3.88. The molecule has 1 N–H and O–H groups in total. The van der Waals surface area contributed by atoms with Crippen LogP contribution in [0.1, 0.15) is 5.56 Å². The predicted octanol–water partition coefficient (Wildman–Crippen LogP) is 1.17. The van der Waals surface area contributed by atoms with E-state index in [-0.39, 0.29) is 0 Å². The first-order valence-electron chi connectivity index (χ1n) is 5.70. The van der Waals surface area contributed by atoms with Crippen LogP contribution < -0.4 is 5.32 Å². The highest BCUT2D eigenvalue weighted by Crippen LogP contribution is 2.09. The molecule has 90 valence electrons. The summed E-state index contributed by atoms with van der Waals surface area (Å²) in [6.45, 7) is 0.783. The van der Waals surface area contributed by atoms with Crippen LogP contribution in [0.25, 0.3) is 5.65 Å². The molecule has 0 atom stereocenters. The van der Waals surface area contributed by atoms with E-state index in [4.69, 9.17) is 0 Å². The van der Waals surface area contributed by atoms with E-state index in [1.807, 2.05) is 22.9 Å². The van der Waals surface area contributed by atoms with Crippen molar-refractivity contribution in [1.82, 2.24) is 24.6 Å². The lowest BCUT2D eigenvalue weighted by Crippen LogP contribution is -2.07. The molecule has 3 aromatic rings. The van der Waals surface area contributed by atoms with E-state index in [0.29, 0.717) is 0 Å². The molecule has 0 saturated carbocycles. The Morgan fingerprint density at radius 1 is 1.28 bits per heavy atom. The van der Waals surface area contributed by atoms with Crippen LogP contribution in [0.4, 0.5) is 5.82 Å². The van der Waals surface area contributed by atoms with Crippen molar-refractivity contribution < 1.29 is 0 Å². The molecule has 0 fully saturated rings. The van der Waals surface area contributed by atoms with Crippen molar-refractivity contribution >= 4 is 11.5 Å². The molecule has 6 nitrogen and oxygen atoms in total. The summed E-state index contributed by atoms with van der Waals surface area (Å²) in [7, 11) is 0. The molecule has 0 aliphatic carbocycles. The molecule has 0 aliphatic heterocycles. The van der Waals surface area contributed by atoms with Gasteiger partial charge in [-0.1, -0.05) is 6.07 Å². The minimum Gasteiger partial charge on any atom is -0.367 e.